The van der Waals surface area contributed by atoms with Crippen LogP contribution in [0.2, 0.25) is 0 Å². The second-order valence-corrected chi connectivity index (χ2v) is 7.04. The van der Waals surface area contributed by atoms with Crippen LogP contribution in [0.5, 0.6) is 0 Å². The zero-order valence-electron chi connectivity index (χ0n) is 9.84. The molecule has 0 spiro atoms. The molecule has 2 N–H and O–H groups in total. The molecule has 1 atom stereocenters. The van der Waals surface area contributed by atoms with Gasteiger partial charge in [0.2, 0.25) is 0 Å². The lowest BCUT2D eigenvalue weighted by Gasteiger charge is -2.13. The fraction of sp³-hybridized carbons (Fsp3) is 0.143. The van der Waals surface area contributed by atoms with Crippen molar-refractivity contribution in [3.8, 4) is 0 Å². The highest BCUT2D eigenvalue weighted by molar-refractivity contribution is 9.11. The van der Waals surface area contributed by atoms with Gasteiger partial charge in [-0.3, -0.25) is 0 Å². The summed E-state index contributed by atoms with van der Waals surface area (Å²) in [4.78, 5) is 0. The van der Waals surface area contributed by atoms with Gasteiger partial charge in [0, 0.05) is 19.5 Å². The summed E-state index contributed by atoms with van der Waals surface area (Å²) in [5.74, 6) is -0.257. The van der Waals surface area contributed by atoms with Crippen molar-refractivity contribution in [3.05, 3.63) is 66.8 Å². The smallest absolute Gasteiger partial charge is 0.124 e. The third-order valence-electron chi connectivity index (χ3n) is 2.69. The number of halogens is 4. The van der Waals surface area contributed by atoms with Gasteiger partial charge in [0.1, 0.15) is 5.82 Å². The lowest BCUT2D eigenvalue weighted by molar-refractivity contribution is 0.621. The van der Waals surface area contributed by atoms with E-state index >= 15 is 0 Å². The average molecular weight is 452 g/mol. The summed E-state index contributed by atoms with van der Waals surface area (Å²) in [7, 11) is 0. The van der Waals surface area contributed by atoms with E-state index in [4.69, 9.17) is 5.73 Å². The van der Waals surface area contributed by atoms with Gasteiger partial charge < -0.3 is 5.73 Å². The predicted octanol–water partition coefficient (Wildman–Crippen LogP) is 5.36. The van der Waals surface area contributed by atoms with E-state index in [2.05, 4.69) is 47.8 Å². The highest BCUT2D eigenvalue weighted by atomic mass is 79.9. The first-order valence-electron chi connectivity index (χ1n) is 5.60. The molecule has 0 amide bonds. The predicted molar refractivity (Wildman–Crippen MR) is 86.6 cm³/mol. The maximum atomic E-state index is 13.3. The molecule has 0 aliphatic heterocycles. The van der Waals surface area contributed by atoms with Crippen LogP contribution in [0.15, 0.2) is 49.8 Å². The van der Waals surface area contributed by atoms with E-state index < -0.39 is 0 Å². The van der Waals surface area contributed by atoms with Crippen LogP contribution in [-0.2, 0) is 6.42 Å². The van der Waals surface area contributed by atoms with E-state index in [0.29, 0.717) is 6.42 Å². The van der Waals surface area contributed by atoms with E-state index in [0.717, 1.165) is 24.5 Å². The largest absolute Gasteiger partial charge is 0.324 e. The van der Waals surface area contributed by atoms with E-state index in [9.17, 15) is 4.39 Å². The van der Waals surface area contributed by atoms with Crippen LogP contribution < -0.4 is 5.73 Å². The molecule has 5 heteroatoms. The lowest BCUT2D eigenvalue weighted by Crippen LogP contribution is -2.13. The lowest BCUT2D eigenvalue weighted by atomic mass is 10.00. The van der Waals surface area contributed by atoms with Gasteiger partial charge in [-0.2, -0.15) is 0 Å². The van der Waals surface area contributed by atoms with Crippen molar-refractivity contribution in [1.29, 1.82) is 0 Å². The molecule has 100 valence electrons. The van der Waals surface area contributed by atoms with Crippen LogP contribution in [0.1, 0.15) is 17.2 Å². The van der Waals surface area contributed by atoms with Crippen LogP contribution >= 0.6 is 47.8 Å². The Morgan fingerprint density at radius 2 is 1.47 bits per heavy atom. The van der Waals surface area contributed by atoms with Crippen molar-refractivity contribution in [2.24, 2.45) is 5.73 Å². The van der Waals surface area contributed by atoms with Gasteiger partial charge in [-0.1, -0.05) is 47.8 Å². The van der Waals surface area contributed by atoms with Gasteiger partial charge in [-0.05, 0) is 53.9 Å². The molecule has 0 aliphatic rings. The fourth-order valence-electron chi connectivity index (χ4n) is 1.89. The number of nitrogens with two attached hydrogens (primary N) is 1. The molecule has 2 rings (SSSR count). The Morgan fingerprint density at radius 1 is 0.895 bits per heavy atom. The highest BCUT2D eigenvalue weighted by Gasteiger charge is 2.10. The molecule has 0 radical (unpaired) electrons. The molecular formula is C14H11Br3FN. The van der Waals surface area contributed by atoms with Gasteiger partial charge in [-0.25, -0.2) is 4.39 Å². The summed E-state index contributed by atoms with van der Waals surface area (Å²) in [5, 5.41) is 0. The maximum Gasteiger partial charge on any atom is 0.124 e. The molecule has 0 fully saturated rings. The number of rotatable bonds is 3. The number of benzene rings is 2. The molecule has 1 nitrogen and oxygen atoms in total. The Hall–Kier alpha value is -0.230. The van der Waals surface area contributed by atoms with E-state index in [1.54, 1.807) is 0 Å². The molecule has 0 saturated carbocycles. The quantitative estimate of drug-likeness (QED) is 0.668. The molecule has 0 heterocycles. The average Bonchev–Trinajstić information content (AvgIpc) is 2.25. The summed E-state index contributed by atoms with van der Waals surface area (Å²) >= 11 is 10.2. The SMILES string of the molecule is NC(Cc1cc(F)cc(Br)c1)c1cc(Br)cc(Br)c1. The van der Waals surface area contributed by atoms with Crippen molar-refractivity contribution in [3.63, 3.8) is 0 Å². The van der Waals surface area contributed by atoms with Crippen molar-refractivity contribution in [2.75, 3.05) is 0 Å². The van der Waals surface area contributed by atoms with Crippen LogP contribution in [0.4, 0.5) is 4.39 Å². The fourth-order valence-corrected chi connectivity index (χ4v) is 3.73. The van der Waals surface area contributed by atoms with Crippen molar-refractivity contribution < 1.29 is 4.39 Å². The third kappa shape index (κ3) is 4.38. The molecule has 2 aromatic carbocycles. The second kappa shape index (κ2) is 6.48. The van der Waals surface area contributed by atoms with Crippen LogP contribution in [0, 0.1) is 5.82 Å². The molecule has 2 aromatic rings. The summed E-state index contributed by atoms with van der Waals surface area (Å²) in [5.41, 5.74) is 8.06. The Labute approximate surface area is 136 Å². The minimum atomic E-state index is -0.257. The van der Waals surface area contributed by atoms with Crippen molar-refractivity contribution in [2.45, 2.75) is 12.5 Å². The molecule has 0 bridgehead atoms. The monoisotopic (exact) mass is 449 g/mol. The molecule has 1 unspecified atom stereocenters. The Kier molecular flexibility index (Phi) is 5.17. The summed E-state index contributed by atoms with van der Waals surface area (Å²) in [6, 6.07) is 10.6. The maximum absolute atomic E-state index is 13.3. The third-order valence-corrected chi connectivity index (χ3v) is 4.06. The first kappa shape index (κ1) is 15.2. The number of hydrogen-bond donors (Lipinski definition) is 1. The number of hydrogen-bond acceptors (Lipinski definition) is 1. The molecule has 0 aromatic heterocycles. The van der Waals surface area contributed by atoms with Crippen molar-refractivity contribution >= 4 is 47.8 Å². The summed E-state index contributed by atoms with van der Waals surface area (Å²) in [6.07, 6.45) is 0.583. The molecule has 0 saturated heterocycles. The second-order valence-electron chi connectivity index (χ2n) is 4.29. The first-order chi connectivity index (χ1) is 8.94. The van der Waals surface area contributed by atoms with E-state index in [1.165, 1.54) is 12.1 Å². The Balaban J connectivity index is 2.22. The zero-order valence-corrected chi connectivity index (χ0v) is 14.6. The van der Waals surface area contributed by atoms with E-state index in [1.807, 2.05) is 24.3 Å². The zero-order chi connectivity index (χ0) is 14.0. The molecule has 19 heavy (non-hydrogen) atoms. The summed E-state index contributed by atoms with van der Waals surface area (Å²) < 4.78 is 16.0. The van der Waals surface area contributed by atoms with Crippen LogP contribution in [0.3, 0.4) is 0 Å². The first-order valence-corrected chi connectivity index (χ1v) is 7.98. The minimum absolute atomic E-state index is 0.178. The highest BCUT2D eigenvalue weighted by Crippen LogP contribution is 2.26. The normalized spacial score (nSPS) is 12.5. The molecule has 0 aliphatic carbocycles. The van der Waals surface area contributed by atoms with Gasteiger partial charge in [0.25, 0.3) is 0 Å². The van der Waals surface area contributed by atoms with Crippen LogP contribution in [-0.4, -0.2) is 0 Å². The van der Waals surface area contributed by atoms with Gasteiger partial charge in [-0.15, -0.1) is 0 Å². The van der Waals surface area contributed by atoms with Gasteiger partial charge in [0.05, 0.1) is 0 Å². The molecular weight excluding hydrogens is 441 g/mol. The standard InChI is InChI=1S/C14H11Br3FN/c15-10-1-8(2-13(18)7-10)3-14(19)9-4-11(16)6-12(17)5-9/h1-2,4-7,14H,3,19H2. The van der Waals surface area contributed by atoms with Crippen molar-refractivity contribution in [1.82, 2.24) is 0 Å². The van der Waals surface area contributed by atoms with Gasteiger partial charge >= 0.3 is 0 Å². The minimum Gasteiger partial charge on any atom is -0.324 e. The summed E-state index contributed by atoms with van der Waals surface area (Å²) in [6.45, 7) is 0. The topological polar surface area (TPSA) is 26.0 Å². The van der Waals surface area contributed by atoms with Gasteiger partial charge in [0.15, 0.2) is 0 Å². The van der Waals surface area contributed by atoms with E-state index in [-0.39, 0.29) is 11.9 Å². The Morgan fingerprint density at radius 3 is 2.05 bits per heavy atom. The Bertz CT molecular complexity index is 561. The van der Waals surface area contributed by atoms with Crippen LogP contribution in [0.25, 0.3) is 0 Å².